The fraction of sp³-hybridized carbons (Fsp3) is 0.545. The Morgan fingerprint density at radius 1 is 1.71 bits per heavy atom. The Balaban J connectivity index is 0.00000144. The van der Waals surface area contributed by atoms with Crippen molar-refractivity contribution in [1.29, 1.82) is 0 Å². The number of nitrogens with one attached hydrogen (secondary N) is 1. The minimum Gasteiger partial charge on any atom is -0.339 e. The van der Waals surface area contributed by atoms with Crippen molar-refractivity contribution in [3.8, 4) is 0 Å². The van der Waals surface area contributed by atoms with Crippen molar-refractivity contribution >= 4 is 45.6 Å². The summed E-state index contributed by atoms with van der Waals surface area (Å²) in [5.74, 6) is 0.210. The van der Waals surface area contributed by atoms with E-state index in [0.717, 1.165) is 23.9 Å². The van der Waals surface area contributed by atoms with E-state index in [9.17, 15) is 4.79 Å². The molecule has 0 saturated carbocycles. The molecule has 1 aliphatic heterocycles. The predicted octanol–water partition coefficient (Wildman–Crippen LogP) is 2.64. The van der Waals surface area contributed by atoms with E-state index in [-0.39, 0.29) is 24.4 Å². The highest BCUT2D eigenvalue weighted by molar-refractivity contribution is 9.10. The quantitative estimate of drug-likeness (QED) is 0.918. The highest BCUT2D eigenvalue weighted by atomic mass is 79.9. The van der Waals surface area contributed by atoms with Crippen molar-refractivity contribution < 1.29 is 4.79 Å². The molecule has 1 saturated heterocycles. The molecule has 2 rings (SSSR count). The van der Waals surface area contributed by atoms with Crippen LogP contribution in [0.15, 0.2) is 15.9 Å². The number of carbonyl (C=O) groups is 1. The van der Waals surface area contributed by atoms with Crippen LogP contribution in [0.25, 0.3) is 0 Å². The minimum absolute atomic E-state index is 0. The standard InChI is InChI=1S/C11H15BrN2OS.ClH/c1-14(6-9-5-8(12)7-16-9)11(15)10-3-2-4-13-10;/h5,7,10,13H,2-4,6H2,1H3;1H. The summed E-state index contributed by atoms with van der Waals surface area (Å²) >= 11 is 5.10. The van der Waals surface area contributed by atoms with Crippen LogP contribution >= 0.6 is 39.7 Å². The number of halogens is 2. The lowest BCUT2D eigenvalue weighted by atomic mass is 10.2. The molecular formula is C11H16BrClN2OS. The van der Waals surface area contributed by atoms with Gasteiger partial charge in [-0.2, -0.15) is 0 Å². The van der Waals surface area contributed by atoms with Crippen molar-refractivity contribution in [3.63, 3.8) is 0 Å². The van der Waals surface area contributed by atoms with Gasteiger partial charge < -0.3 is 10.2 Å². The summed E-state index contributed by atoms with van der Waals surface area (Å²) in [6, 6.07) is 2.10. The van der Waals surface area contributed by atoms with E-state index in [2.05, 4.69) is 27.3 Å². The molecule has 0 aromatic carbocycles. The zero-order chi connectivity index (χ0) is 11.5. The molecule has 1 aromatic rings. The fourth-order valence-corrected chi connectivity index (χ4v) is 3.41. The van der Waals surface area contributed by atoms with Gasteiger partial charge in [0.15, 0.2) is 0 Å². The number of amides is 1. The summed E-state index contributed by atoms with van der Waals surface area (Å²) in [5.41, 5.74) is 0. The number of carbonyl (C=O) groups excluding carboxylic acids is 1. The molecule has 96 valence electrons. The van der Waals surface area contributed by atoms with E-state index >= 15 is 0 Å². The molecule has 2 heterocycles. The minimum atomic E-state index is 0. The average molecular weight is 340 g/mol. The van der Waals surface area contributed by atoms with Gasteiger partial charge in [-0.25, -0.2) is 0 Å². The van der Waals surface area contributed by atoms with Crippen LogP contribution < -0.4 is 5.32 Å². The summed E-state index contributed by atoms with van der Waals surface area (Å²) in [7, 11) is 1.87. The van der Waals surface area contributed by atoms with E-state index in [1.807, 2.05) is 12.4 Å². The number of nitrogens with zero attached hydrogens (tertiary/aromatic N) is 1. The first kappa shape index (κ1) is 15.0. The molecule has 0 bridgehead atoms. The average Bonchev–Trinajstić information content (AvgIpc) is 2.88. The number of hydrogen-bond donors (Lipinski definition) is 1. The van der Waals surface area contributed by atoms with Gasteiger partial charge in [-0.3, -0.25) is 4.79 Å². The largest absolute Gasteiger partial charge is 0.339 e. The smallest absolute Gasteiger partial charge is 0.239 e. The molecule has 1 N–H and O–H groups in total. The van der Waals surface area contributed by atoms with Crippen LogP contribution in [-0.2, 0) is 11.3 Å². The van der Waals surface area contributed by atoms with Crippen LogP contribution in [0.2, 0.25) is 0 Å². The molecule has 0 aliphatic carbocycles. The van der Waals surface area contributed by atoms with Gasteiger partial charge >= 0.3 is 0 Å². The second-order valence-corrected chi connectivity index (χ2v) is 5.99. The molecule has 1 aromatic heterocycles. The van der Waals surface area contributed by atoms with Crippen molar-refractivity contribution in [1.82, 2.24) is 10.2 Å². The number of thiophene rings is 1. The third-order valence-corrected chi connectivity index (χ3v) is 4.43. The maximum absolute atomic E-state index is 12.0. The highest BCUT2D eigenvalue weighted by Gasteiger charge is 2.24. The van der Waals surface area contributed by atoms with E-state index in [1.165, 1.54) is 4.88 Å². The van der Waals surface area contributed by atoms with Crippen molar-refractivity contribution in [3.05, 3.63) is 20.8 Å². The topological polar surface area (TPSA) is 32.3 Å². The van der Waals surface area contributed by atoms with E-state index < -0.39 is 0 Å². The Morgan fingerprint density at radius 3 is 3.00 bits per heavy atom. The SMILES string of the molecule is CN(Cc1cc(Br)cs1)C(=O)C1CCCN1.Cl. The van der Waals surface area contributed by atoms with Gasteiger partial charge in [-0.15, -0.1) is 23.7 Å². The van der Waals surface area contributed by atoms with Gasteiger partial charge in [-0.05, 0) is 41.4 Å². The van der Waals surface area contributed by atoms with Crippen molar-refractivity contribution in [2.45, 2.75) is 25.4 Å². The van der Waals surface area contributed by atoms with Crippen LogP contribution in [0.3, 0.4) is 0 Å². The number of rotatable bonds is 3. The fourth-order valence-electron chi connectivity index (χ4n) is 1.91. The van der Waals surface area contributed by atoms with E-state index in [4.69, 9.17) is 0 Å². The van der Waals surface area contributed by atoms with Gasteiger partial charge in [-0.1, -0.05) is 0 Å². The molecule has 1 unspecified atom stereocenters. The maximum Gasteiger partial charge on any atom is 0.239 e. The van der Waals surface area contributed by atoms with Crippen LogP contribution in [0.4, 0.5) is 0 Å². The lowest BCUT2D eigenvalue weighted by Crippen LogP contribution is -2.41. The Morgan fingerprint density at radius 2 is 2.47 bits per heavy atom. The Bertz CT molecular complexity index is 379. The highest BCUT2D eigenvalue weighted by Crippen LogP contribution is 2.21. The van der Waals surface area contributed by atoms with Crippen LogP contribution in [0.1, 0.15) is 17.7 Å². The molecule has 1 atom stereocenters. The van der Waals surface area contributed by atoms with Gasteiger partial charge in [0.1, 0.15) is 0 Å². The lowest BCUT2D eigenvalue weighted by Gasteiger charge is -2.20. The maximum atomic E-state index is 12.0. The van der Waals surface area contributed by atoms with Crippen LogP contribution in [0, 0.1) is 0 Å². The van der Waals surface area contributed by atoms with Gasteiger partial charge in [0.25, 0.3) is 0 Å². The third kappa shape index (κ3) is 3.95. The van der Waals surface area contributed by atoms with E-state index in [0.29, 0.717) is 6.54 Å². The molecule has 0 spiro atoms. The molecule has 6 heteroatoms. The monoisotopic (exact) mass is 338 g/mol. The molecule has 1 fully saturated rings. The molecule has 17 heavy (non-hydrogen) atoms. The summed E-state index contributed by atoms with van der Waals surface area (Å²) in [5, 5.41) is 5.27. The summed E-state index contributed by atoms with van der Waals surface area (Å²) in [6.07, 6.45) is 2.08. The summed E-state index contributed by atoms with van der Waals surface area (Å²) in [4.78, 5) is 15.0. The zero-order valence-corrected chi connectivity index (χ0v) is 12.8. The number of hydrogen-bond acceptors (Lipinski definition) is 3. The van der Waals surface area contributed by atoms with Crippen LogP contribution in [-0.4, -0.2) is 30.4 Å². The summed E-state index contributed by atoms with van der Waals surface area (Å²) < 4.78 is 1.09. The Labute approximate surface area is 120 Å². The van der Waals surface area contributed by atoms with Gasteiger partial charge in [0, 0.05) is 21.8 Å². The summed E-state index contributed by atoms with van der Waals surface area (Å²) in [6.45, 7) is 1.67. The lowest BCUT2D eigenvalue weighted by molar-refractivity contribution is -0.132. The van der Waals surface area contributed by atoms with Gasteiger partial charge in [0.05, 0.1) is 12.6 Å². The molecule has 1 amide bonds. The molecule has 1 aliphatic rings. The second kappa shape index (κ2) is 6.73. The zero-order valence-electron chi connectivity index (χ0n) is 9.61. The van der Waals surface area contributed by atoms with Crippen LogP contribution in [0.5, 0.6) is 0 Å². The Kier molecular flexibility index (Phi) is 5.92. The van der Waals surface area contributed by atoms with Crippen molar-refractivity contribution in [2.75, 3.05) is 13.6 Å². The first-order chi connectivity index (χ1) is 7.66. The first-order valence-electron chi connectivity index (χ1n) is 5.38. The molecule has 0 radical (unpaired) electrons. The third-order valence-electron chi connectivity index (χ3n) is 2.75. The second-order valence-electron chi connectivity index (χ2n) is 4.07. The predicted molar refractivity (Wildman–Crippen MR) is 76.8 cm³/mol. The molecular weight excluding hydrogens is 324 g/mol. The normalized spacial score (nSPS) is 18.8. The first-order valence-corrected chi connectivity index (χ1v) is 7.05. The number of likely N-dealkylation sites (N-methyl/N-ethyl adjacent to an activating group) is 1. The van der Waals surface area contributed by atoms with Gasteiger partial charge in [0.2, 0.25) is 5.91 Å². The Hall–Kier alpha value is -0.100. The molecule has 3 nitrogen and oxygen atoms in total. The van der Waals surface area contributed by atoms with E-state index in [1.54, 1.807) is 16.2 Å². The van der Waals surface area contributed by atoms with Crippen molar-refractivity contribution in [2.24, 2.45) is 0 Å².